The summed E-state index contributed by atoms with van der Waals surface area (Å²) >= 11 is 9.25. The quantitative estimate of drug-likeness (QED) is 0.838. The number of nitrogens with zero attached hydrogens (tertiary/aromatic N) is 4. The molecule has 0 amide bonds. The fourth-order valence-corrected chi connectivity index (χ4v) is 1.92. The van der Waals surface area contributed by atoms with Gasteiger partial charge in [0.2, 0.25) is 0 Å². The van der Waals surface area contributed by atoms with Crippen LogP contribution in [0.4, 0.5) is 5.82 Å². The molecule has 88 valence electrons. The van der Waals surface area contributed by atoms with Crippen LogP contribution in [0.15, 0.2) is 10.8 Å². The molecular formula is C9H13BrClN5. The highest BCUT2D eigenvalue weighted by Crippen LogP contribution is 2.26. The average molecular weight is 307 g/mol. The number of halogens is 2. The van der Waals surface area contributed by atoms with E-state index in [-0.39, 0.29) is 0 Å². The van der Waals surface area contributed by atoms with Crippen molar-refractivity contribution < 1.29 is 0 Å². The van der Waals surface area contributed by atoms with Crippen molar-refractivity contribution in [2.24, 2.45) is 0 Å². The maximum atomic E-state index is 5.89. The number of nitrogens with one attached hydrogen (secondary N) is 1. The van der Waals surface area contributed by atoms with Gasteiger partial charge >= 0.3 is 0 Å². The SMILES string of the molecule is CN1CCN(Nc2ncnc(Cl)c2Br)CC1. The predicted molar refractivity (Wildman–Crippen MR) is 67.4 cm³/mol. The number of aromatic nitrogens is 2. The van der Waals surface area contributed by atoms with Gasteiger partial charge in [-0.05, 0) is 23.0 Å². The van der Waals surface area contributed by atoms with E-state index in [2.05, 4.69) is 48.3 Å². The smallest absolute Gasteiger partial charge is 0.159 e. The maximum Gasteiger partial charge on any atom is 0.159 e. The van der Waals surface area contributed by atoms with Crippen LogP contribution in [-0.4, -0.2) is 53.1 Å². The van der Waals surface area contributed by atoms with Crippen molar-refractivity contribution in [2.75, 3.05) is 38.7 Å². The molecule has 1 saturated heterocycles. The molecule has 1 fully saturated rings. The van der Waals surface area contributed by atoms with Gasteiger partial charge in [0, 0.05) is 26.2 Å². The van der Waals surface area contributed by atoms with Crippen LogP contribution in [-0.2, 0) is 0 Å². The van der Waals surface area contributed by atoms with Gasteiger partial charge in [0.15, 0.2) is 5.82 Å². The van der Waals surface area contributed by atoms with E-state index in [1.54, 1.807) is 0 Å². The lowest BCUT2D eigenvalue weighted by atomic mass is 10.4. The highest BCUT2D eigenvalue weighted by Gasteiger charge is 2.15. The van der Waals surface area contributed by atoms with Gasteiger partial charge in [0.1, 0.15) is 11.5 Å². The summed E-state index contributed by atoms with van der Waals surface area (Å²) in [6, 6.07) is 0. The minimum atomic E-state index is 0.423. The second-order valence-corrected chi connectivity index (χ2v) is 4.88. The van der Waals surface area contributed by atoms with Gasteiger partial charge in [-0.15, -0.1) is 0 Å². The lowest BCUT2D eigenvalue weighted by Crippen LogP contribution is -2.47. The summed E-state index contributed by atoms with van der Waals surface area (Å²) in [4.78, 5) is 10.3. The van der Waals surface area contributed by atoms with Gasteiger partial charge in [-0.2, -0.15) is 0 Å². The molecular weight excluding hydrogens is 293 g/mol. The monoisotopic (exact) mass is 305 g/mol. The van der Waals surface area contributed by atoms with E-state index < -0.39 is 0 Å². The predicted octanol–water partition coefficient (Wildman–Crippen LogP) is 1.47. The van der Waals surface area contributed by atoms with E-state index in [1.807, 2.05) is 0 Å². The van der Waals surface area contributed by atoms with Crippen molar-refractivity contribution in [3.63, 3.8) is 0 Å². The number of anilines is 1. The van der Waals surface area contributed by atoms with Crippen LogP contribution in [0.25, 0.3) is 0 Å². The Kier molecular flexibility index (Phi) is 3.96. The van der Waals surface area contributed by atoms with Crippen molar-refractivity contribution >= 4 is 33.3 Å². The third-order valence-corrected chi connectivity index (χ3v) is 3.78. The summed E-state index contributed by atoms with van der Waals surface area (Å²) in [6.07, 6.45) is 1.45. The highest BCUT2D eigenvalue weighted by atomic mass is 79.9. The Morgan fingerprint density at radius 1 is 1.31 bits per heavy atom. The number of hydrogen-bond donors (Lipinski definition) is 1. The number of hydrogen-bond acceptors (Lipinski definition) is 5. The summed E-state index contributed by atoms with van der Waals surface area (Å²) in [6.45, 7) is 4.02. The largest absolute Gasteiger partial charge is 0.304 e. The van der Waals surface area contributed by atoms with Gasteiger partial charge in [-0.3, -0.25) is 0 Å². The Morgan fingerprint density at radius 3 is 2.69 bits per heavy atom. The summed E-state index contributed by atoms with van der Waals surface area (Å²) in [5.74, 6) is 0.713. The molecule has 1 aromatic heterocycles. The molecule has 7 heteroatoms. The van der Waals surface area contributed by atoms with Crippen LogP contribution in [0.2, 0.25) is 5.15 Å². The Balaban J connectivity index is 2.01. The average Bonchev–Trinajstić information content (AvgIpc) is 2.28. The zero-order valence-corrected chi connectivity index (χ0v) is 11.3. The Morgan fingerprint density at radius 2 is 2.00 bits per heavy atom. The maximum absolute atomic E-state index is 5.89. The lowest BCUT2D eigenvalue weighted by Gasteiger charge is -2.32. The molecule has 0 radical (unpaired) electrons. The molecule has 16 heavy (non-hydrogen) atoms. The summed E-state index contributed by atoms with van der Waals surface area (Å²) in [5.41, 5.74) is 3.23. The van der Waals surface area contributed by atoms with E-state index in [9.17, 15) is 0 Å². The molecule has 1 aliphatic rings. The number of piperazine rings is 1. The van der Waals surface area contributed by atoms with E-state index >= 15 is 0 Å². The fraction of sp³-hybridized carbons (Fsp3) is 0.556. The van der Waals surface area contributed by atoms with Crippen LogP contribution in [0.1, 0.15) is 0 Å². The van der Waals surface area contributed by atoms with Crippen molar-refractivity contribution in [3.8, 4) is 0 Å². The summed E-state index contributed by atoms with van der Waals surface area (Å²) in [5, 5.41) is 2.55. The molecule has 0 unspecified atom stereocenters. The first-order valence-electron chi connectivity index (χ1n) is 5.03. The fourth-order valence-electron chi connectivity index (χ4n) is 1.49. The molecule has 0 bridgehead atoms. The first kappa shape index (κ1) is 12.0. The number of hydrazine groups is 1. The molecule has 5 nitrogen and oxygen atoms in total. The third kappa shape index (κ3) is 2.82. The summed E-state index contributed by atoms with van der Waals surface area (Å²) in [7, 11) is 2.12. The normalized spacial score (nSPS) is 18.7. The molecule has 0 saturated carbocycles. The number of likely N-dealkylation sites (N-methyl/N-ethyl adjacent to an activating group) is 1. The molecule has 1 N–H and O–H groups in total. The molecule has 0 aromatic carbocycles. The van der Waals surface area contributed by atoms with Gasteiger partial charge < -0.3 is 10.3 Å². The lowest BCUT2D eigenvalue weighted by molar-refractivity contribution is 0.178. The van der Waals surface area contributed by atoms with Crippen molar-refractivity contribution in [3.05, 3.63) is 16.0 Å². The molecule has 0 spiro atoms. The molecule has 2 rings (SSSR count). The minimum Gasteiger partial charge on any atom is -0.304 e. The third-order valence-electron chi connectivity index (χ3n) is 2.51. The number of rotatable bonds is 2. The topological polar surface area (TPSA) is 44.3 Å². The Bertz CT molecular complexity index is 367. The highest BCUT2D eigenvalue weighted by molar-refractivity contribution is 9.10. The van der Waals surface area contributed by atoms with Crippen LogP contribution < -0.4 is 5.43 Å². The van der Waals surface area contributed by atoms with Crippen LogP contribution >= 0.6 is 27.5 Å². The summed E-state index contributed by atoms with van der Waals surface area (Å²) < 4.78 is 0.704. The van der Waals surface area contributed by atoms with Gasteiger partial charge in [0.25, 0.3) is 0 Å². The Hall–Kier alpha value is -0.430. The van der Waals surface area contributed by atoms with Gasteiger partial charge in [-0.25, -0.2) is 15.0 Å². The zero-order chi connectivity index (χ0) is 11.5. The van der Waals surface area contributed by atoms with E-state index in [4.69, 9.17) is 11.6 Å². The van der Waals surface area contributed by atoms with Gasteiger partial charge in [0.05, 0.1) is 4.47 Å². The van der Waals surface area contributed by atoms with Gasteiger partial charge in [-0.1, -0.05) is 11.6 Å². The molecule has 0 atom stereocenters. The second-order valence-electron chi connectivity index (χ2n) is 3.73. The van der Waals surface area contributed by atoms with E-state index in [0.29, 0.717) is 15.4 Å². The first-order chi connectivity index (χ1) is 7.66. The van der Waals surface area contributed by atoms with E-state index in [1.165, 1.54) is 6.33 Å². The minimum absolute atomic E-state index is 0.423. The van der Waals surface area contributed by atoms with E-state index in [0.717, 1.165) is 26.2 Å². The first-order valence-corrected chi connectivity index (χ1v) is 6.20. The molecule has 1 aliphatic heterocycles. The molecule has 1 aromatic rings. The Labute approximate surface area is 108 Å². The molecule has 2 heterocycles. The van der Waals surface area contributed by atoms with Crippen molar-refractivity contribution in [1.82, 2.24) is 19.9 Å². The van der Waals surface area contributed by atoms with Crippen molar-refractivity contribution in [1.29, 1.82) is 0 Å². The van der Waals surface area contributed by atoms with Crippen LogP contribution in [0, 0.1) is 0 Å². The zero-order valence-electron chi connectivity index (χ0n) is 8.95. The van der Waals surface area contributed by atoms with Crippen molar-refractivity contribution in [2.45, 2.75) is 0 Å². The standard InChI is InChI=1S/C9H13BrClN5/c1-15-2-4-16(5-3-15)14-9-7(10)8(11)12-6-13-9/h6H,2-5H2,1H3,(H,12,13,14). The molecule has 0 aliphatic carbocycles. The van der Waals surface area contributed by atoms with Crippen LogP contribution in [0.3, 0.4) is 0 Å². The second kappa shape index (κ2) is 5.27. The van der Waals surface area contributed by atoms with Crippen LogP contribution in [0.5, 0.6) is 0 Å².